The summed E-state index contributed by atoms with van der Waals surface area (Å²) in [5, 5.41) is 4.02. The van der Waals surface area contributed by atoms with E-state index >= 15 is 0 Å². The van der Waals surface area contributed by atoms with E-state index in [1.807, 2.05) is 42.3 Å². The van der Waals surface area contributed by atoms with E-state index in [0.29, 0.717) is 17.1 Å². The minimum Gasteiger partial charge on any atom is -0.370 e. The third-order valence-corrected chi connectivity index (χ3v) is 3.62. The molecule has 0 radical (unpaired) electrons. The minimum atomic E-state index is -0.174. The number of hydrogen-bond acceptors (Lipinski definition) is 2. The van der Waals surface area contributed by atoms with E-state index in [1.54, 1.807) is 6.07 Å². The summed E-state index contributed by atoms with van der Waals surface area (Å²) in [6.45, 7) is 4.22. The Bertz CT molecular complexity index is 601. The van der Waals surface area contributed by atoms with Crippen LogP contribution in [-0.2, 0) is 13.1 Å². The molecule has 2 aromatic carbocycles. The fourth-order valence-electron chi connectivity index (χ4n) is 2.30. The highest BCUT2D eigenvalue weighted by Crippen LogP contribution is 2.25. The first-order valence-electron chi connectivity index (χ1n) is 7.05. The fraction of sp³-hybridized carbons (Fsp3) is 0.294. The molecule has 0 unspecified atom stereocenters. The molecule has 0 amide bonds. The van der Waals surface area contributed by atoms with E-state index < -0.39 is 0 Å². The zero-order chi connectivity index (χ0) is 15.2. The number of halogens is 2. The molecule has 21 heavy (non-hydrogen) atoms. The Labute approximate surface area is 130 Å². The van der Waals surface area contributed by atoms with Gasteiger partial charge in [0.25, 0.3) is 0 Å². The van der Waals surface area contributed by atoms with Gasteiger partial charge in [-0.2, -0.15) is 0 Å². The fourth-order valence-corrected chi connectivity index (χ4v) is 2.49. The van der Waals surface area contributed by atoms with Crippen molar-refractivity contribution in [2.45, 2.75) is 20.0 Å². The summed E-state index contributed by atoms with van der Waals surface area (Å²) in [6.07, 6.45) is 0. The van der Waals surface area contributed by atoms with E-state index in [0.717, 1.165) is 24.3 Å². The van der Waals surface area contributed by atoms with E-state index in [9.17, 15) is 4.39 Å². The second kappa shape index (κ2) is 7.43. The van der Waals surface area contributed by atoms with Crippen LogP contribution >= 0.6 is 11.6 Å². The maximum absolute atomic E-state index is 13.8. The highest BCUT2D eigenvalue weighted by molar-refractivity contribution is 6.30. The molecule has 0 heterocycles. The molecule has 0 aliphatic rings. The molecule has 0 aliphatic carbocycles. The number of benzene rings is 2. The van der Waals surface area contributed by atoms with Crippen molar-refractivity contribution < 1.29 is 4.39 Å². The summed E-state index contributed by atoms with van der Waals surface area (Å²) >= 11 is 6.08. The smallest absolute Gasteiger partial charge is 0.128 e. The first-order chi connectivity index (χ1) is 10.1. The van der Waals surface area contributed by atoms with Crippen LogP contribution in [0.1, 0.15) is 18.1 Å². The third kappa shape index (κ3) is 4.19. The lowest BCUT2D eigenvalue weighted by molar-refractivity contribution is 0.607. The second-order valence-electron chi connectivity index (χ2n) is 5.00. The van der Waals surface area contributed by atoms with Crippen LogP contribution in [-0.4, -0.2) is 13.6 Å². The summed E-state index contributed by atoms with van der Waals surface area (Å²) < 4.78 is 13.8. The molecule has 0 bridgehead atoms. The normalized spacial score (nSPS) is 10.7. The van der Waals surface area contributed by atoms with Gasteiger partial charge in [-0.3, -0.25) is 0 Å². The number of hydrogen-bond donors (Lipinski definition) is 1. The minimum absolute atomic E-state index is 0.174. The Balaban J connectivity index is 2.22. The Morgan fingerprint density at radius 1 is 1.14 bits per heavy atom. The van der Waals surface area contributed by atoms with E-state index in [1.165, 1.54) is 6.07 Å². The van der Waals surface area contributed by atoms with Crippen LogP contribution in [0, 0.1) is 5.82 Å². The van der Waals surface area contributed by atoms with Crippen molar-refractivity contribution in [2.75, 3.05) is 18.5 Å². The average molecular weight is 307 g/mol. The van der Waals surface area contributed by atoms with E-state index in [4.69, 9.17) is 11.6 Å². The van der Waals surface area contributed by atoms with E-state index in [2.05, 4.69) is 12.2 Å². The molecule has 2 rings (SSSR count). The molecule has 1 N–H and O–H groups in total. The largest absolute Gasteiger partial charge is 0.370 e. The van der Waals surface area contributed by atoms with Gasteiger partial charge in [-0.15, -0.1) is 0 Å². The topological polar surface area (TPSA) is 15.3 Å². The van der Waals surface area contributed by atoms with Crippen LogP contribution in [0.15, 0.2) is 42.5 Å². The summed E-state index contributed by atoms with van der Waals surface area (Å²) in [6, 6.07) is 12.7. The van der Waals surface area contributed by atoms with Crippen molar-refractivity contribution in [3.05, 3.63) is 64.4 Å². The standard InChI is InChI=1S/C17H20ClFN2/c1-3-20-11-14-10-15(18)8-9-17(14)21(2)12-13-6-4-5-7-16(13)19/h4-10,20H,3,11-12H2,1-2H3. The van der Waals surface area contributed by atoms with Crippen LogP contribution in [0.25, 0.3) is 0 Å². The molecule has 0 saturated heterocycles. The van der Waals surface area contributed by atoms with Crippen molar-refractivity contribution in [2.24, 2.45) is 0 Å². The first kappa shape index (κ1) is 15.8. The Hall–Kier alpha value is -1.58. The Morgan fingerprint density at radius 2 is 1.90 bits per heavy atom. The van der Waals surface area contributed by atoms with Crippen molar-refractivity contribution >= 4 is 17.3 Å². The molecular formula is C17H20ClFN2. The lowest BCUT2D eigenvalue weighted by Crippen LogP contribution is -2.21. The molecule has 0 aliphatic heterocycles. The van der Waals surface area contributed by atoms with Crippen LogP contribution in [0.3, 0.4) is 0 Å². The van der Waals surface area contributed by atoms with Gasteiger partial charge in [0.15, 0.2) is 0 Å². The predicted octanol–water partition coefficient (Wildman–Crippen LogP) is 4.23. The van der Waals surface area contributed by atoms with Gasteiger partial charge in [-0.05, 0) is 36.4 Å². The lowest BCUT2D eigenvalue weighted by Gasteiger charge is -2.23. The van der Waals surface area contributed by atoms with Crippen molar-refractivity contribution in [1.82, 2.24) is 5.32 Å². The van der Waals surface area contributed by atoms with Crippen molar-refractivity contribution in [3.63, 3.8) is 0 Å². The quantitative estimate of drug-likeness (QED) is 0.859. The molecule has 2 nitrogen and oxygen atoms in total. The Kier molecular flexibility index (Phi) is 5.59. The highest BCUT2D eigenvalue weighted by atomic mass is 35.5. The molecule has 2 aromatic rings. The first-order valence-corrected chi connectivity index (χ1v) is 7.43. The lowest BCUT2D eigenvalue weighted by atomic mass is 10.1. The molecule has 4 heteroatoms. The van der Waals surface area contributed by atoms with Crippen LogP contribution < -0.4 is 10.2 Å². The van der Waals surface area contributed by atoms with Crippen molar-refractivity contribution in [3.8, 4) is 0 Å². The van der Waals surface area contributed by atoms with Gasteiger partial charge in [0.05, 0.1) is 0 Å². The molecule has 0 aromatic heterocycles. The van der Waals surface area contributed by atoms with Gasteiger partial charge in [0.2, 0.25) is 0 Å². The van der Waals surface area contributed by atoms with Gasteiger partial charge in [-0.25, -0.2) is 4.39 Å². The Morgan fingerprint density at radius 3 is 2.62 bits per heavy atom. The molecule has 0 atom stereocenters. The summed E-state index contributed by atoms with van der Waals surface area (Å²) in [4.78, 5) is 2.04. The molecule has 0 spiro atoms. The number of rotatable bonds is 6. The average Bonchev–Trinajstić information content (AvgIpc) is 2.47. The monoisotopic (exact) mass is 306 g/mol. The number of anilines is 1. The van der Waals surface area contributed by atoms with Crippen LogP contribution in [0.2, 0.25) is 5.02 Å². The van der Waals surface area contributed by atoms with Gasteiger partial charge in [-0.1, -0.05) is 36.7 Å². The summed E-state index contributed by atoms with van der Waals surface area (Å²) in [5.74, 6) is -0.174. The van der Waals surface area contributed by atoms with Gasteiger partial charge in [0.1, 0.15) is 5.82 Å². The zero-order valence-electron chi connectivity index (χ0n) is 12.4. The molecular weight excluding hydrogens is 287 g/mol. The second-order valence-corrected chi connectivity index (χ2v) is 5.44. The van der Waals surface area contributed by atoms with Gasteiger partial charge >= 0.3 is 0 Å². The molecule has 0 saturated carbocycles. The highest BCUT2D eigenvalue weighted by Gasteiger charge is 2.10. The number of nitrogens with zero attached hydrogens (tertiary/aromatic N) is 1. The van der Waals surface area contributed by atoms with Gasteiger partial charge < -0.3 is 10.2 Å². The maximum Gasteiger partial charge on any atom is 0.128 e. The maximum atomic E-state index is 13.8. The molecule has 0 fully saturated rings. The van der Waals surface area contributed by atoms with Crippen LogP contribution in [0.4, 0.5) is 10.1 Å². The van der Waals surface area contributed by atoms with Gasteiger partial charge in [0, 0.05) is 36.4 Å². The third-order valence-electron chi connectivity index (χ3n) is 3.38. The van der Waals surface area contributed by atoms with E-state index in [-0.39, 0.29) is 5.82 Å². The predicted molar refractivity (Wildman–Crippen MR) is 87.3 cm³/mol. The summed E-state index contributed by atoms with van der Waals surface area (Å²) in [7, 11) is 1.96. The summed E-state index contributed by atoms with van der Waals surface area (Å²) in [5.41, 5.74) is 2.86. The SMILES string of the molecule is CCNCc1cc(Cl)ccc1N(C)Cc1ccccc1F. The zero-order valence-corrected chi connectivity index (χ0v) is 13.1. The number of nitrogens with one attached hydrogen (secondary N) is 1. The molecule has 112 valence electrons. The van der Waals surface area contributed by atoms with Crippen molar-refractivity contribution in [1.29, 1.82) is 0 Å². The van der Waals surface area contributed by atoms with Crippen LogP contribution in [0.5, 0.6) is 0 Å².